The van der Waals surface area contributed by atoms with Gasteiger partial charge in [-0.3, -0.25) is 4.90 Å². The van der Waals surface area contributed by atoms with Crippen molar-refractivity contribution in [2.45, 2.75) is 32.7 Å². The summed E-state index contributed by atoms with van der Waals surface area (Å²) in [5, 5.41) is 9.53. The number of ether oxygens (including phenoxy) is 2. The lowest BCUT2D eigenvalue weighted by Crippen LogP contribution is -2.29. The third-order valence-corrected chi connectivity index (χ3v) is 3.23. The number of methoxy groups -OCH3 is 2. The van der Waals surface area contributed by atoms with Gasteiger partial charge in [0.05, 0.1) is 20.3 Å². The van der Waals surface area contributed by atoms with Gasteiger partial charge in [-0.1, -0.05) is 19.9 Å². The topological polar surface area (TPSA) is 45.5 Å². The van der Waals surface area contributed by atoms with Gasteiger partial charge in [0.25, 0.3) is 0 Å². The minimum Gasteiger partial charge on any atom is -0.493 e. The molecule has 0 saturated carbocycles. The molecule has 4 heteroatoms. The summed E-state index contributed by atoms with van der Waals surface area (Å²) < 4.78 is 10.6. The normalized spacial score (nSPS) is 12.0. The highest BCUT2D eigenvalue weighted by atomic mass is 16.5. The maximum absolute atomic E-state index is 9.53. The number of hydrogen-bond donors (Lipinski definition) is 0. The van der Waals surface area contributed by atoms with Crippen molar-refractivity contribution in [1.29, 1.82) is 5.26 Å². The quantitative estimate of drug-likeness (QED) is 0.730. The highest BCUT2D eigenvalue weighted by molar-refractivity contribution is 5.44. The summed E-state index contributed by atoms with van der Waals surface area (Å²) in [6, 6.07) is 7.85. The van der Waals surface area contributed by atoms with E-state index in [0.717, 1.165) is 31.5 Å². The molecule has 1 aromatic rings. The van der Waals surface area contributed by atoms with Crippen molar-refractivity contribution < 1.29 is 9.47 Å². The van der Waals surface area contributed by atoms with E-state index in [1.54, 1.807) is 14.2 Å². The van der Waals surface area contributed by atoms with Crippen molar-refractivity contribution in [3.63, 3.8) is 0 Å². The number of rotatable bonds is 8. The smallest absolute Gasteiger partial charge is 0.161 e. The SMILES string of the molecule is CCCN(CCC)C(C#N)c1ccc(OC)c(OC)c1. The van der Waals surface area contributed by atoms with E-state index in [9.17, 15) is 5.26 Å². The molecule has 0 N–H and O–H groups in total. The first-order valence-electron chi connectivity index (χ1n) is 7.07. The second kappa shape index (κ2) is 8.44. The van der Waals surface area contributed by atoms with E-state index in [-0.39, 0.29) is 6.04 Å². The summed E-state index contributed by atoms with van der Waals surface area (Å²) in [7, 11) is 3.22. The van der Waals surface area contributed by atoms with Crippen LogP contribution in [-0.4, -0.2) is 32.2 Å². The molecule has 110 valence electrons. The second-order valence-electron chi connectivity index (χ2n) is 4.68. The first-order chi connectivity index (χ1) is 9.71. The molecular formula is C16H24N2O2. The standard InChI is InChI=1S/C16H24N2O2/c1-5-9-18(10-6-2)14(12-17)13-7-8-15(19-3)16(11-13)20-4/h7-8,11,14H,5-6,9-10H2,1-4H3. The zero-order chi connectivity index (χ0) is 15.0. The molecule has 1 aromatic carbocycles. The van der Waals surface area contributed by atoms with Crippen LogP contribution in [0.2, 0.25) is 0 Å². The van der Waals surface area contributed by atoms with E-state index in [2.05, 4.69) is 24.8 Å². The Morgan fingerprint density at radius 1 is 1.10 bits per heavy atom. The Labute approximate surface area is 121 Å². The Morgan fingerprint density at radius 3 is 2.15 bits per heavy atom. The maximum atomic E-state index is 9.53. The Kier molecular flexibility index (Phi) is 6.89. The van der Waals surface area contributed by atoms with Gasteiger partial charge >= 0.3 is 0 Å². The van der Waals surface area contributed by atoms with Gasteiger partial charge in [-0.2, -0.15) is 5.26 Å². The van der Waals surface area contributed by atoms with Crippen LogP contribution >= 0.6 is 0 Å². The maximum Gasteiger partial charge on any atom is 0.161 e. The average molecular weight is 276 g/mol. The zero-order valence-corrected chi connectivity index (χ0v) is 12.8. The largest absolute Gasteiger partial charge is 0.493 e. The zero-order valence-electron chi connectivity index (χ0n) is 12.8. The van der Waals surface area contributed by atoms with Crippen molar-refractivity contribution in [3.8, 4) is 17.6 Å². The van der Waals surface area contributed by atoms with Crippen LogP contribution in [0, 0.1) is 11.3 Å². The minimum absolute atomic E-state index is 0.241. The van der Waals surface area contributed by atoms with Gasteiger partial charge in [-0.05, 0) is 43.6 Å². The first kappa shape index (κ1) is 16.3. The summed E-state index contributed by atoms with van der Waals surface area (Å²) in [5.74, 6) is 1.35. The molecular weight excluding hydrogens is 252 g/mol. The van der Waals surface area contributed by atoms with Crippen LogP contribution in [0.5, 0.6) is 11.5 Å². The fraction of sp³-hybridized carbons (Fsp3) is 0.562. The Hall–Kier alpha value is -1.73. The molecule has 0 radical (unpaired) electrons. The summed E-state index contributed by atoms with van der Waals surface area (Å²) in [6.07, 6.45) is 2.07. The van der Waals surface area contributed by atoms with Crippen LogP contribution in [0.15, 0.2) is 18.2 Å². The molecule has 1 unspecified atom stereocenters. The highest BCUT2D eigenvalue weighted by Gasteiger charge is 2.20. The molecule has 20 heavy (non-hydrogen) atoms. The van der Waals surface area contributed by atoms with Crippen molar-refractivity contribution in [3.05, 3.63) is 23.8 Å². The van der Waals surface area contributed by atoms with Gasteiger partial charge in [0, 0.05) is 0 Å². The lowest BCUT2D eigenvalue weighted by atomic mass is 10.0. The molecule has 0 bridgehead atoms. The highest BCUT2D eigenvalue weighted by Crippen LogP contribution is 2.31. The van der Waals surface area contributed by atoms with Crippen molar-refractivity contribution in [2.24, 2.45) is 0 Å². The van der Waals surface area contributed by atoms with Crippen LogP contribution in [0.25, 0.3) is 0 Å². The molecule has 0 saturated heterocycles. The fourth-order valence-electron chi connectivity index (χ4n) is 2.33. The third-order valence-electron chi connectivity index (χ3n) is 3.23. The van der Waals surface area contributed by atoms with Crippen molar-refractivity contribution in [2.75, 3.05) is 27.3 Å². The molecule has 0 aliphatic rings. The number of nitriles is 1. The van der Waals surface area contributed by atoms with Gasteiger partial charge < -0.3 is 9.47 Å². The van der Waals surface area contributed by atoms with Crippen LogP contribution in [0.4, 0.5) is 0 Å². The van der Waals surface area contributed by atoms with E-state index < -0.39 is 0 Å². The van der Waals surface area contributed by atoms with Crippen LogP contribution in [0.3, 0.4) is 0 Å². The molecule has 0 fully saturated rings. The number of nitrogens with zero attached hydrogens (tertiary/aromatic N) is 2. The summed E-state index contributed by atoms with van der Waals surface area (Å²) in [4.78, 5) is 2.21. The second-order valence-corrected chi connectivity index (χ2v) is 4.68. The first-order valence-corrected chi connectivity index (χ1v) is 7.07. The molecule has 1 rings (SSSR count). The third kappa shape index (κ3) is 3.88. The van der Waals surface area contributed by atoms with E-state index in [0.29, 0.717) is 11.5 Å². The van der Waals surface area contributed by atoms with E-state index >= 15 is 0 Å². The summed E-state index contributed by atoms with van der Waals surface area (Å²) >= 11 is 0. The van der Waals surface area contributed by atoms with Crippen LogP contribution < -0.4 is 9.47 Å². The van der Waals surface area contributed by atoms with Crippen LogP contribution in [-0.2, 0) is 0 Å². The Bertz CT molecular complexity index is 448. The molecule has 0 aromatic heterocycles. The molecule has 0 amide bonds. The van der Waals surface area contributed by atoms with E-state index in [1.807, 2.05) is 18.2 Å². The minimum atomic E-state index is -0.241. The molecule has 1 atom stereocenters. The van der Waals surface area contributed by atoms with Gasteiger partial charge in [-0.15, -0.1) is 0 Å². The number of benzene rings is 1. The van der Waals surface area contributed by atoms with Gasteiger partial charge in [0.2, 0.25) is 0 Å². The predicted molar refractivity (Wildman–Crippen MR) is 80.1 cm³/mol. The van der Waals surface area contributed by atoms with E-state index in [4.69, 9.17) is 9.47 Å². The molecule has 0 spiro atoms. The molecule has 0 heterocycles. The molecule has 0 aliphatic carbocycles. The monoisotopic (exact) mass is 276 g/mol. The van der Waals surface area contributed by atoms with Gasteiger partial charge in [0.1, 0.15) is 6.04 Å². The summed E-state index contributed by atoms with van der Waals surface area (Å²) in [6.45, 7) is 6.10. The lowest BCUT2D eigenvalue weighted by Gasteiger charge is -2.27. The molecule has 4 nitrogen and oxygen atoms in total. The van der Waals surface area contributed by atoms with Gasteiger partial charge in [-0.25, -0.2) is 0 Å². The van der Waals surface area contributed by atoms with Crippen LogP contribution in [0.1, 0.15) is 38.3 Å². The summed E-state index contributed by atoms with van der Waals surface area (Å²) in [5.41, 5.74) is 0.951. The Morgan fingerprint density at radius 2 is 1.70 bits per heavy atom. The van der Waals surface area contributed by atoms with Crippen molar-refractivity contribution in [1.82, 2.24) is 4.90 Å². The van der Waals surface area contributed by atoms with E-state index in [1.165, 1.54) is 0 Å². The Balaban J connectivity index is 3.07. The predicted octanol–water partition coefficient (Wildman–Crippen LogP) is 3.39. The lowest BCUT2D eigenvalue weighted by molar-refractivity contribution is 0.236. The average Bonchev–Trinajstić information content (AvgIpc) is 2.48. The number of hydrogen-bond acceptors (Lipinski definition) is 4. The van der Waals surface area contributed by atoms with Crippen molar-refractivity contribution >= 4 is 0 Å². The molecule has 0 aliphatic heterocycles. The van der Waals surface area contributed by atoms with Gasteiger partial charge in [0.15, 0.2) is 11.5 Å². The fourth-order valence-corrected chi connectivity index (χ4v) is 2.33.